The number of aromatic nitrogens is 4. The Hall–Kier alpha value is -1.36. The molecule has 3 rings (SSSR count). The molecule has 2 atom stereocenters. The fourth-order valence-electron chi connectivity index (χ4n) is 2.48. The van der Waals surface area contributed by atoms with E-state index in [0.29, 0.717) is 5.65 Å². The van der Waals surface area contributed by atoms with Crippen LogP contribution in [0.4, 0.5) is 5.82 Å². The van der Waals surface area contributed by atoms with Gasteiger partial charge >= 0.3 is 0 Å². The van der Waals surface area contributed by atoms with Crippen molar-refractivity contribution in [3.63, 3.8) is 0 Å². The van der Waals surface area contributed by atoms with Crippen LogP contribution in [0.1, 0.15) is 32.1 Å². The van der Waals surface area contributed by atoms with Gasteiger partial charge in [0, 0.05) is 6.04 Å². The molecule has 0 saturated heterocycles. The standard InChI is InChI=1S/C12H16ClN5/c13-8-4-2-1-3-5-9(8)18-12-10-11(15-6-14-10)16-7-17-12/h6-9H,1-5H2,(H2,14,15,16,17,18). The van der Waals surface area contributed by atoms with E-state index in [0.717, 1.165) is 24.2 Å². The zero-order valence-electron chi connectivity index (χ0n) is 10.1. The number of nitrogens with one attached hydrogen (secondary N) is 2. The normalized spacial score (nSPS) is 24.9. The minimum atomic E-state index is 0.167. The maximum absolute atomic E-state index is 6.43. The third kappa shape index (κ3) is 2.27. The Labute approximate surface area is 110 Å². The summed E-state index contributed by atoms with van der Waals surface area (Å²) in [5.74, 6) is 0.801. The van der Waals surface area contributed by atoms with Crippen molar-refractivity contribution in [2.24, 2.45) is 0 Å². The number of anilines is 1. The molecule has 1 saturated carbocycles. The lowest BCUT2D eigenvalue weighted by atomic mass is 10.1. The second-order valence-electron chi connectivity index (χ2n) is 4.73. The highest BCUT2D eigenvalue weighted by Crippen LogP contribution is 2.26. The number of hydrogen-bond donors (Lipinski definition) is 2. The number of H-pyrrole nitrogens is 1. The van der Waals surface area contributed by atoms with Crippen molar-refractivity contribution >= 4 is 28.6 Å². The highest BCUT2D eigenvalue weighted by atomic mass is 35.5. The molecule has 1 fully saturated rings. The van der Waals surface area contributed by atoms with Gasteiger partial charge in [-0.1, -0.05) is 19.3 Å². The van der Waals surface area contributed by atoms with Crippen LogP contribution in [-0.2, 0) is 0 Å². The van der Waals surface area contributed by atoms with Crippen LogP contribution in [0.15, 0.2) is 12.7 Å². The molecule has 0 aliphatic heterocycles. The second-order valence-corrected chi connectivity index (χ2v) is 5.29. The summed E-state index contributed by atoms with van der Waals surface area (Å²) in [5.41, 5.74) is 1.54. The molecule has 0 spiro atoms. The van der Waals surface area contributed by atoms with Crippen LogP contribution in [-0.4, -0.2) is 31.4 Å². The molecule has 2 heterocycles. The average molecular weight is 266 g/mol. The quantitative estimate of drug-likeness (QED) is 0.647. The van der Waals surface area contributed by atoms with Gasteiger partial charge in [-0.05, 0) is 12.8 Å². The van der Waals surface area contributed by atoms with E-state index in [1.54, 1.807) is 6.33 Å². The first-order chi connectivity index (χ1) is 8.84. The maximum atomic E-state index is 6.43. The summed E-state index contributed by atoms with van der Waals surface area (Å²) in [7, 11) is 0. The maximum Gasteiger partial charge on any atom is 0.182 e. The fourth-order valence-corrected chi connectivity index (χ4v) is 2.82. The fraction of sp³-hybridized carbons (Fsp3) is 0.583. The van der Waals surface area contributed by atoms with E-state index in [-0.39, 0.29) is 11.4 Å². The molecule has 0 amide bonds. The number of aromatic amines is 1. The van der Waals surface area contributed by atoms with Crippen LogP contribution in [0, 0.1) is 0 Å². The van der Waals surface area contributed by atoms with Crippen LogP contribution in [0.3, 0.4) is 0 Å². The molecule has 0 aromatic carbocycles. The number of alkyl halides is 1. The summed E-state index contributed by atoms with van der Waals surface area (Å²) in [6, 6.07) is 0.274. The van der Waals surface area contributed by atoms with E-state index >= 15 is 0 Å². The van der Waals surface area contributed by atoms with Gasteiger partial charge in [-0.2, -0.15) is 0 Å². The molecule has 1 aliphatic rings. The predicted octanol–water partition coefficient (Wildman–Crippen LogP) is 2.70. The third-order valence-electron chi connectivity index (χ3n) is 3.48. The van der Waals surface area contributed by atoms with Crippen molar-refractivity contribution in [2.45, 2.75) is 43.5 Å². The van der Waals surface area contributed by atoms with Crippen LogP contribution in [0.25, 0.3) is 11.2 Å². The summed E-state index contributed by atoms with van der Waals surface area (Å²) < 4.78 is 0. The highest BCUT2D eigenvalue weighted by Gasteiger charge is 2.22. The van der Waals surface area contributed by atoms with Crippen molar-refractivity contribution in [3.05, 3.63) is 12.7 Å². The van der Waals surface area contributed by atoms with Crippen molar-refractivity contribution in [2.75, 3.05) is 5.32 Å². The van der Waals surface area contributed by atoms with Gasteiger partial charge in [0.1, 0.15) is 11.8 Å². The van der Waals surface area contributed by atoms with Gasteiger partial charge in [0.25, 0.3) is 0 Å². The Bertz CT molecular complexity index is 526. The molecule has 1 aliphatic carbocycles. The van der Waals surface area contributed by atoms with Gasteiger partial charge in [0.15, 0.2) is 11.5 Å². The molecule has 6 heteroatoms. The van der Waals surface area contributed by atoms with E-state index in [2.05, 4.69) is 25.3 Å². The van der Waals surface area contributed by atoms with E-state index in [4.69, 9.17) is 11.6 Å². The molecule has 2 aromatic heterocycles. The number of nitrogens with zero attached hydrogens (tertiary/aromatic N) is 3. The zero-order valence-corrected chi connectivity index (χ0v) is 10.8. The summed E-state index contributed by atoms with van der Waals surface area (Å²) in [4.78, 5) is 15.6. The lowest BCUT2D eigenvalue weighted by molar-refractivity contribution is 0.625. The first kappa shape index (κ1) is 11.7. The van der Waals surface area contributed by atoms with Gasteiger partial charge in [0.2, 0.25) is 0 Å². The topological polar surface area (TPSA) is 66.5 Å². The van der Waals surface area contributed by atoms with Gasteiger partial charge in [-0.3, -0.25) is 0 Å². The van der Waals surface area contributed by atoms with Crippen molar-refractivity contribution in [1.82, 2.24) is 19.9 Å². The average Bonchev–Trinajstić information content (AvgIpc) is 2.77. The van der Waals surface area contributed by atoms with Crippen LogP contribution < -0.4 is 5.32 Å². The number of hydrogen-bond acceptors (Lipinski definition) is 4. The molecule has 96 valence electrons. The van der Waals surface area contributed by atoms with Crippen molar-refractivity contribution in [3.8, 4) is 0 Å². The number of fused-ring (bicyclic) bond motifs is 1. The molecule has 5 nitrogen and oxygen atoms in total. The third-order valence-corrected chi connectivity index (χ3v) is 4.00. The van der Waals surface area contributed by atoms with E-state index in [9.17, 15) is 0 Å². The lowest BCUT2D eigenvalue weighted by Gasteiger charge is -2.21. The van der Waals surface area contributed by atoms with Crippen LogP contribution in [0.2, 0.25) is 0 Å². The van der Waals surface area contributed by atoms with E-state index in [1.807, 2.05) is 0 Å². The van der Waals surface area contributed by atoms with Gasteiger partial charge in [-0.25, -0.2) is 15.0 Å². The largest absolute Gasteiger partial charge is 0.364 e. The number of halogens is 1. The summed E-state index contributed by atoms with van der Waals surface area (Å²) in [6.45, 7) is 0. The minimum Gasteiger partial charge on any atom is -0.364 e. The van der Waals surface area contributed by atoms with Crippen molar-refractivity contribution in [1.29, 1.82) is 0 Å². The Morgan fingerprint density at radius 1 is 1.17 bits per heavy atom. The van der Waals surface area contributed by atoms with Gasteiger partial charge < -0.3 is 10.3 Å². The Morgan fingerprint density at radius 3 is 3.00 bits per heavy atom. The zero-order chi connectivity index (χ0) is 12.4. The SMILES string of the molecule is ClC1CCCCCC1Nc1ncnc2nc[nH]c12. The first-order valence-electron chi connectivity index (χ1n) is 6.39. The van der Waals surface area contributed by atoms with E-state index in [1.165, 1.54) is 25.6 Å². The molecule has 18 heavy (non-hydrogen) atoms. The Kier molecular flexibility index (Phi) is 3.32. The molecule has 0 bridgehead atoms. The molecule has 2 N–H and O–H groups in total. The lowest BCUT2D eigenvalue weighted by Crippen LogP contribution is -2.29. The summed E-state index contributed by atoms with van der Waals surface area (Å²) in [5, 5.41) is 3.61. The number of imidazole rings is 1. The van der Waals surface area contributed by atoms with Gasteiger partial charge in [-0.15, -0.1) is 11.6 Å². The molecule has 2 unspecified atom stereocenters. The molecule has 2 aromatic rings. The van der Waals surface area contributed by atoms with Crippen LogP contribution >= 0.6 is 11.6 Å². The van der Waals surface area contributed by atoms with Crippen LogP contribution in [0.5, 0.6) is 0 Å². The van der Waals surface area contributed by atoms with Gasteiger partial charge in [0.05, 0.1) is 11.7 Å². The minimum absolute atomic E-state index is 0.167. The van der Waals surface area contributed by atoms with Crippen molar-refractivity contribution < 1.29 is 0 Å². The monoisotopic (exact) mass is 265 g/mol. The molecule has 0 radical (unpaired) electrons. The molecular weight excluding hydrogens is 250 g/mol. The Balaban J connectivity index is 1.84. The summed E-state index contributed by atoms with van der Waals surface area (Å²) in [6.07, 6.45) is 9.03. The first-order valence-corrected chi connectivity index (χ1v) is 6.83. The highest BCUT2D eigenvalue weighted by molar-refractivity contribution is 6.21. The predicted molar refractivity (Wildman–Crippen MR) is 71.8 cm³/mol. The smallest absolute Gasteiger partial charge is 0.182 e. The number of rotatable bonds is 2. The Morgan fingerprint density at radius 2 is 2.06 bits per heavy atom. The summed E-state index contributed by atoms with van der Waals surface area (Å²) >= 11 is 6.43. The molecular formula is C12H16ClN5. The second kappa shape index (κ2) is 5.10. The van der Waals surface area contributed by atoms with E-state index < -0.39 is 0 Å².